The van der Waals surface area contributed by atoms with Crippen molar-refractivity contribution in [3.05, 3.63) is 113 Å². The number of hydrogen-bond acceptors (Lipinski definition) is 0. The van der Waals surface area contributed by atoms with E-state index in [2.05, 4.69) is 99.2 Å². The predicted octanol–water partition coefficient (Wildman–Crippen LogP) is 10.5. The Morgan fingerprint density at radius 2 is 1.53 bits per heavy atom. The van der Waals surface area contributed by atoms with Crippen molar-refractivity contribution >= 4 is 11.4 Å². The third kappa shape index (κ3) is 14.3. The smallest absolute Gasteiger partial charge is 0.303 e. The topological polar surface area (TPSA) is 36.4 Å². The van der Waals surface area contributed by atoms with Crippen molar-refractivity contribution in [3.8, 4) is 0 Å². The van der Waals surface area contributed by atoms with Crippen LogP contribution in [0.15, 0.2) is 85.5 Å². The van der Waals surface area contributed by atoms with Gasteiger partial charge in [-0.15, -0.1) is 4.79 Å². The van der Waals surface area contributed by atoms with Crippen LogP contribution in [0, 0.1) is 0 Å². The maximum atomic E-state index is 9.15. The minimum Gasteiger partial charge on any atom is -0.348 e. The van der Waals surface area contributed by atoms with E-state index >= 15 is 0 Å². The Hall–Kier alpha value is -2.69. The van der Waals surface area contributed by atoms with Gasteiger partial charge < -0.3 is 5.53 Å². The molecule has 2 rings (SSSR count). The van der Waals surface area contributed by atoms with Crippen molar-refractivity contribution in [3.63, 3.8) is 0 Å². The molecule has 0 amide bonds. The number of nitrogens with zero attached hydrogens (tertiary/aromatic N) is 2. The van der Waals surface area contributed by atoms with Gasteiger partial charge in [0.1, 0.15) is 0 Å². The Bertz CT molecular complexity index is 1040. The quantitative estimate of drug-likeness (QED) is 0.0354. The Labute approximate surface area is 239 Å². The summed E-state index contributed by atoms with van der Waals surface area (Å²) in [7, 11) is 0. The third-order valence-electron chi connectivity index (χ3n) is 6.16. The van der Waals surface area contributed by atoms with Crippen LogP contribution in [0.5, 0.6) is 0 Å². The van der Waals surface area contributed by atoms with Crippen molar-refractivity contribution in [2.24, 2.45) is 0 Å². The third-order valence-corrected chi connectivity index (χ3v) is 7.30. The van der Waals surface area contributed by atoms with Crippen LogP contribution in [0.4, 0.5) is 0 Å². The minimum atomic E-state index is 0.865. The van der Waals surface area contributed by atoms with E-state index in [-0.39, 0.29) is 0 Å². The molecule has 0 aliphatic carbocycles. The van der Waals surface area contributed by atoms with Gasteiger partial charge in [0.05, 0.1) is 5.57 Å². The normalized spacial score (nSPS) is 10.7. The molecule has 0 aliphatic rings. The van der Waals surface area contributed by atoms with E-state index < -0.39 is 0 Å². The summed E-state index contributed by atoms with van der Waals surface area (Å²) in [5.41, 5.74) is 16.4. The molecule has 2 nitrogen and oxygen atoms in total. The Kier molecular flexibility index (Phi) is 19.6. The number of aryl methyl sites for hydroxylation is 2. The summed E-state index contributed by atoms with van der Waals surface area (Å²) in [4.78, 5) is 3.22. The summed E-state index contributed by atoms with van der Waals surface area (Å²) in [6.45, 7) is 13.8. The Balaban J connectivity index is 0.000000905. The molecule has 2 aromatic rings. The molecule has 0 heterocycles. The molecule has 3 heteroatoms. The van der Waals surface area contributed by atoms with Gasteiger partial charge in [0.15, 0.2) is 0 Å². The maximum Gasteiger partial charge on any atom is 0.303 e. The molecule has 0 N–H and O–H groups in total. The molecule has 0 aromatic heterocycles. The molecule has 0 saturated heterocycles. The Morgan fingerprint density at radius 3 is 2.13 bits per heavy atom. The first-order valence-electron chi connectivity index (χ1n) is 14.2. The average Bonchev–Trinajstić information content (AvgIpc) is 2.95. The van der Waals surface area contributed by atoms with Crippen LogP contribution in [0.1, 0.15) is 94.4 Å². The maximum absolute atomic E-state index is 9.15. The molecule has 0 saturated carbocycles. The predicted molar refractivity (Wildman–Crippen MR) is 163 cm³/mol. The summed E-state index contributed by atoms with van der Waals surface area (Å²) in [6, 6.07) is 17.7. The van der Waals surface area contributed by atoms with Crippen LogP contribution in [0.25, 0.3) is 11.1 Å². The van der Waals surface area contributed by atoms with Crippen LogP contribution in [-0.2, 0) is 27.3 Å². The van der Waals surface area contributed by atoms with E-state index in [4.69, 9.17) is 5.53 Å². The first kappa shape index (κ1) is 33.3. The SMILES string of the molecule is C=C[CH2][Ni][CH2]C=C.CCCCCCc1ccc(C(=CC(=C=[N+]=[N-])CCCCC)c2cccc(CC)c2)cc1. The van der Waals surface area contributed by atoms with Crippen molar-refractivity contribution in [2.45, 2.75) is 95.8 Å². The average molecular weight is 555 g/mol. The van der Waals surface area contributed by atoms with Crippen molar-refractivity contribution in [2.75, 3.05) is 0 Å². The van der Waals surface area contributed by atoms with E-state index in [1.54, 1.807) is 14.4 Å². The molecule has 0 atom stereocenters. The number of rotatable bonds is 17. The van der Waals surface area contributed by atoms with Gasteiger partial charge in [-0.1, -0.05) is 101 Å². The molecule has 0 aliphatic heterocycles. The number of hydrogen-bond donors (Lipinski definition) is 0. The van der Waals surface area contributed by atoms with Crippen LogP contribution < -0.4 is 0 Å². The summed E-state index contributed by atoms with van der Waals surface area (Å²) >= 11 is 1.66. The minimum absolute atomic E-state index is 0.865. The van der Waals surface area contributed by atoms with Crippen LogP contribution in [0.3, 0.4) is 0 Å². The van der Waals surface area contributed by atoms with Crippen molar-refractivity contribution in [1.29, 1.82) is 0 Å². The van der Waals surface area contributed by atoms with Crippen LogP contribution >= 0.6 is 0 Å². The van der Waals surface area contributed by atoms with Crippen LogP contribution in [-0.4, -0.2) is 10.7 Å². The van der Waals surface area contributed by atoms with Gasteiger partial charge in [-0.05, 0) is 66.0 Å². The molecule has 2 aromatic carbocycles. The van der Waals surface area contributed by atoms with Gasteiger partial charge in [0.2, 0.25) is 0 Å². The summed E-state index contributed by atoms with van der Waals surface area (Å²) in [5, 5.41) is 2.11. The van der Waals surface area contributed by atoms with E-state index in [1.807, 2.05) is 12.2 Å². The molecule has 0 radical (unpaired) electrons. The van der Waals surface area contributed by atoms with Gasteiger partial charge >= 0.3 is 56.4 Å². The standard InChI is InChI=1S/C29H38N2.2C3H5.Ni/c1-4-7-9-11-13-25-17-19-27(20-18-25)29(28-16-12-15-24(6-3)21-28)22-26(23-31-30)14-10-8-5-2;2*1-3-2;/h12,15-22H,4-11,13-14H2,1-3H3;2*3H,1-2H2;. The molecule has 0 spiro atoms. The fraction of sp³-hybridized carbons (Fsp3) is 0.429. The van der Waals surface area contributed by atoms with E-state index in [9.17, 15) is 0 Å². The molecule has 38 heavy (non-hydrogen) atoms. The summed E-state index contributed by atoms with van der Waals surface area (Å²) < 4.78 is 0. The van der Waals surface area contributed by atoms with E-state index in [0.717, 1.165) is 54.0 Å². The van der Waals surface area contributed by atoms with Gasteiger partial charge in [-0.3, -0.25) is 0 Å². The molecule has 208 valence electrons. The van der Waals surface area contributed by atoms with E-state index in [1.165, 1.54) is 54.4 Å². The number of unbranched alkanes of at least 4 members (excludes halogenated alkanes) is 5. The second kappa shape index (κ2) is 22.3. The summed E-state index contributed by atoms with van der Waals surface area (Å²) in [5.74, 6) is 2.81. The largest absolute Gasteiger partial charge is 0.348 e. The zero-order valence-electron chi connectivity index (χ0n) is 24.0. The first-order chi connectivity index (χ1) is 18.6. The van der Waals surface area contributed by atoms with E-state index in [0.29, 0.717) is 0 Å². The Morgan fingerprint density at radius 1 is 0.842 bits per heavy atom. The zero-order valence-corrected chi connectivity index (χ0v) is 24.9. The van der Waals surface area contributed by atoms with Gasteiger partial charge in [-0.25, -0.2) is 0 Å². The zero-order chi connectivity index (χ0) is 27.8. The van der Waals surface area contributed by atoms with Gasteiger partial charge in [-0.2, -0.15) is 0 Å². The molecule has 0 fully saturated rings. The van der Waals surface area contributed by atoms with Crippen molar-refractivity contribution in [1.82, 2.24) is 0 Å². The fourth-order valence-electron chi connectivity index (χ4n) is 4.05. The van der Waals surface area contributed by atoms with Crippen LogP contribution in [0.2, 0.25) is 10.8 Å². The monoisotopic (exact) mass is 554 g/mol. The molecular weight excluding hydrogens is 507 g/mol. The molecule has 0 unspecified atom stereocenters. The second-order valence-electron chi connectivity index (χ2n) is 9.31. The first-order valence-corrected chi connectivity index (χ1v) is 15.6. The van der Waals surface area contributed by atoms with Gasteiger partial charge in [0, 0.05) is 0 Å². The number of benzene rings is 2. The molecular formula is C35H48N2Ni. The second-order valence-corrected chi connectivity index (χ2v) is 10.6. The van der Waals surface area contributed by atoms with Crippen molar-refractivity contribution < 1.29 is 19.2 Å². The summed E-state index contributed by atoms with van der Waals surface area (Å²) in [6.07, 6.45) is 17.5. The molecule has 0 bridgehead atoms. The number of allylic oxidation sites excluding steroid dienone is 4. The fourth-order valence-corrected chi connectivity index (χ4v) is 4.61. The van der Waals surface area contributed by atoms with Gasteiger partial charge in [0.25, 0.3) is 0 Å².